The van der Waals surface area contributed by atoms with Crippen molar-refractivity contribution in [2.45, 2.75) is 18.6 Å². The first-order valence-corrected chi connectivity index (χ1v) is 11.2. The molecular formula is C21H24O2Si. The average Bonchev–Trinajstić information content (AvgIpc) is 2.62. The number of methoxy groups -OCH3 is 1. The number of rotatable bonds is 6. The van der Waals surface area contributed by atoms with Crippen molar-refractivity contribution in [3.05, 3.63) is 84.5 Å². The number of hydrogen-bond acceptors (Lipinski definition) is 2. The van der Waals surface area contributed by atoms with Crippen LogP contribution in [0.15, 0.2) is 78.9 Å². The number of esters is 1. The minimum Gasteiger partial charge on any atom is -0.469 e. The summed E-state index contributed by atoms with van der Waals surface area (Å²) in [6.07, 6.45) is 7.93. The molecule has 1 atom stereocenters. The maximum atomic E-state index is 12.3. The largest absolute Gasteiger partial charge is 0.469 e. The first-order valence-electron chi connectivity index (χ1n) is 8.09. The van der Waals surface area contributed by atoms with Crippen LogP contribution in [0.25, 0.3) is 6.08 Å². The molecule has 1 unspecified atom stereocenters. The van der Waals surface area contributed by atoms with E-state index in [1.54, 1.807) is 0 Å². The van der Waals surface area contributed by atoms with Crippen molar-refractivity contribution in [3.63, 3.8) is 0 Å². The lowest BCUT2D eigenvalue weighted by Crippen LogP contribution is -2.48. The van der Waals surface area contributed by atoms with E-state index < -0.39 is 8.07 Å². The predicted molar refractivity (Wildman–Crippen MR) is 104 cm³/mol. The standard InChI is InChI=1S/C21H24O2Si/c1-23-21(22)20(24(2,3)19-15-8-5-9-16-19)17-11-10-14-18-12-6-4-7-13-18/h4-17,20H,1-3H3/b14-10+,17-11-. The zero-order chi connectivity index (χ0) is 17.4. The van der Waals surface area contributed by atoms with E-state index in [0.29, 0.717) is 0 Å². The van der Waals surface area contributed by atoms with Gasteiger partial charge in [-0.1, -0.05) is 103 Å². The molecule has 2 aromatic carbocycles. The van der Waals surface area contributed by atoms with Gasteiger partial charge in [0.2, 0.25) is 0 Å². The molecule has 124 valence electrons. The van der Waals surface area contributed by atoms with E-state index in [0.717, 1.165) is 5.56 Å². The zero-order valence-corrected chi connectivity index (χ0v) is 15.5. The first-order chi connectivity index (χ1) is 11.6. The highest BCUT2D eigenvalue weighted by Crippen LogP contribution is 2.25. The van der Waals surface area contributed by atoms with Gasteiger partial charge >= 0.3 is 5.97 Å². The van der Waals surface area contributed by atoms with Crippen LogP contribution in [0.4, 0.5) is 0 Å². The quantitative estimate of drug-likeness (QED) is 0.443. The van der Waals surface area contributed by atoms with Gasteiger partial charge in [0.1, 0.15) is 8.07 Å². The molecule has 24 heavy (non-hydrogen) atoms. The van der Waals surface area contributed by atoms with E-state index in [9.17, 15) is 4.79 Å². The number of benzene rings is 2. The van der Waals surface area contributed by atoms with Crippen molar-refractivity contribution in [2.24, 2.45) is 0 Å². The van der Waals surface area contributed by atoms with Gasteiger partial charge in [0.25, 0.3) is 0 Å². The Morgan fingerprint density at radius 2 is 1.54 bits per heavy atom. The molecule has 0 saturated heterocycles. The van der Waals surface area contributed by atoms with Crippen molar-refractivity contribution in [1.29, 1.82) is 0 Å². The van der Waals surface area contributed by atoms with Crippen LogP contribution in [-0.2, 0) is 9.53 Å². The third kappa shape index (κ3) is 4.55. The summed E-state index contributed by atoms with van der Waals surface area (Å²) in [4.78, 5) is 12.3. The highest BCUT2D eigenvalue weighted by atomic mass is 28.3. The summed E-state index contributed by atoms with van der Waals surface area (Å²) < 4.78 is 5.06. The van der Waals surface area contributed by atoms with Gasteiger partial charge in [-0.15, -0.1) is 0 Å². The maximum absolute atomic E-state index is 12.3. The summed E-state index contributed by atoms with van der Waals surface area (Å²) in [6.45, 7) is 4.41. The zero-order valence-electron chi connectivity index (χ0n) is 14.5. The van der Waals surface area contributed by atoms with Gasteiger partial charge in [-0.25, -0.2) is 0 Å². The Kier molecular flexibility index (Phi) is 6.33. The summed E-state index contributed by atoms with van der Waals surface area (Å²) >= 11 is 0. The fourth-order valence-corrected chi connectivity index (χ4v) is 5.40. The van der Waals surface area contributed by atoms with Gasteiger partial charge in [0, 0.05) is 0 Å². The fraction of sp³-hybridized carbons (Fsp3) is 0.190. The highest BCUT2D eigenvalue weighted by Gasteiger charge is 2.37. The molecule has 0 bridgehead atoms. The smallest absolute Gasteiger partial charge is 0.310 e. The third-order valence-electron chi connectivity index (χ3n) is 4.25. The molecule has 0 aliphatic carbocycles. The number of carbonyl (C=O) groups is 1. The highest BCUT2D eigenvalue weighted by molar-refractivity contribution is 6.93. The van der Waals surface area contributed by atoms with Crippen molar-refractivity contribution in [3.8, 4) is 0 Å². The van der Waals surface area contributed by atoms with E-state index in [-0.39, 0.29) is 11.5 Å². The van der Waals surface area contributed by atoms with Crippen LogP contribution in [0.1, 0.15) is 5.56 Å². The van der Waals surface area contributed by atoms with E-state index in [1.807, 2.05) is 72.8 Å². The van der Waals surface area contributed by atoms with E-state index >= 15 is 0 Å². The lowest BCUT2D eigenvalue weighted by atomic mass is 10.2. The predicted octanol–water partition coefficient (Wildman–Crippen LogP) is 4.41. The summed E-state index contributed by atoms with van der Waals surface area (Å²) in [6, 6.07) is 20.4. The van der Waals surface area contributed by atoms with E-state index in [2.05, 4.69) is 25.2 Å². The molecule has 0 radical (unpaired) electrons. The Balaban J connectivity index is 2.21. The van der Waals surface area contributed by atoms with Crippen molar-refractivity contribution >= 4 is 25.3 Å². The second-order valence-electron chi connectivity index (χ2n) is 6.24. The summed E-state index contributed by atoms with van der Waals surface area (Å²) in [5.74, 6) is -0.167. The Labute approximate surface area is 145 Å². The van der Waals surface area contributed by atoms with Crippen LogP contribution in [0, 0.1) is 0 Å². The Morgan fingerprint density at radius 3 is 2.12 bits per heavy atom. The third-order valence-corrected chi connectivity index (χ3v) is 8.06. The molecule has 0 spiro atoms. The molecule has 0 amide bonds. The molecule has 2 rings (SSSR count). The molecule has 0 saturated carbocycles. The number of allylic oxidation sites excluding steroid dienone is 2. The fourth-order valence-electron chi connectivity index (χ4n) is 2.69. The van der Waals surface area contributed by atoms with Crippen molar-refractivity contribution in [2.75, 3.05) is 7.11 Å². The van der Waals surface area contributed by atoms with Crippen LogP contribution in [0.5, 0.6) is 0 Å². The van der Waals surface area contributed by atoms with Gasteiger partial charge < -0.3 is 4.74 Å². The van der Waals surface area contributed by atoms with E-state index in [4.69, 9.17) is 4.74 Å². The molecule has 0 aromatic heterocycles. The first kappa shape index (κ1) is 18.0. The molecule has 0 N–H and O–H groups in total. The number of hydrogen-bond donors (Lipinski definition) is 0. The molecule has 2 nitrogen and oxygen atoms in total. The number of carbonyl (C=O) groups excluding carboxylic acids is 1. The van der Waals surface area contributed by atoms with Crippen LogP contribution in [0.2, 0.25) is 18.6 Å². The minimum atomic E-state index is -2.02. The van der Waals surface area contributed by atoms with Gasteiger partial charge in [-0.3, -0.25) is 4.79 Å². The molecule has 0 fully saturated rings. The molecule has 0 aliphatic heterocycles. The van der Waals surface area contributed by atoms with Crippen molar-refractivity contribution in [1.82, 2.24) is 0 Å². The van der Waals surface area contributed by atoms with Crippen LogP contribution < -0.4 is 5.19 Å². The van der Waals surface area contributed by atoms with Crippen LogP contribution in [-0.4, -0.2) is 21.2 Å². The SMILES string of the molecule is COC(=O)C(/C=C\C=C\c1ccccc1)[Si](C)(C)c1ccccc1. The topological polar surface area (TPSA) is 26.3 Å². The van der Waals surface area contributed by atoms with Gasteiger partial charge in [-0.05, 0) is 5.56 Å². The van der Waals surface area contributed by atoms with Crippen molar-refractivity contribution < 1.29 is 9.53 Å². The van der Waals surface area contributed by atoms with Crippen LogP contribution in [0.3, 0.4) is 0 Å². The molecular weight excluding hydrogens is 312 g/mol. The molecule has 0 heterocycles. The lowest BCUT2D eigenvalue weighted by molar-refractivity contribution is -0.139. The Hall–Kier alpha value is -2.39. The van der Waals surface area contributed by atoms with Gasteiger partial charge in [-0.2, -0.15) is 0 Å². The second-order valence-corrected chi connectivity index (χ2v) is 10.9. The van der Waals surface area contributed by atoms with Gasteiger partial charge in [0.05, 0.1) is 12.7 Å². The molecule has 2 aromatic rings. The lowest BCUT2D eigenvalue weighted by Gasteiger charge is -2.28. The Bertz CT molecular complexity index is 703. The average molecular weight is 337 g/mol. The van der Waals surface area contributed by atoms with Gasteiger partial charge in [0.15, 0.2) is 0 Å². The minimum absolute atomic E-state index is 0.167. The summed E-state index contributed by atoms with van der Waals surface area (Å²) in [5.41, 5.74) is 0.918. The maximum Gasteiger partial charge on any atom is 0.310 e. The number of ether oxygens (including phenoxy) is 1. The molecule has 3 heteroatoms. The summed E-state index contributed by atoms with van der Waals surface area (Å²) in [5, 5.41) is 1.25. The monoisotopic (exact) mass is 336 g/mol. The van der Waals surface area contributed by atoms with E-state index in [1.165, 1.54) is 12.3 Å². The molecule has 0 aliphatic rings. The normalized spacial score (nSPS) is 13.3. The summed E-state index contributed by atoms with van der Waals surface area (Å²) in [7, 11) is -0.561. The second kappa shape index (κ2) is 8.46. The Morgan fingerprint density at radius 1 is 0.958 bits per heavy atom. The van der Waals surface area contributed by atoms with Crippen LogP contribution >= 0.6 is 0 Å².